The average Bonchev–Trinajstić information content (AvgIpc) is 3.94. The summed E-state index contributed by atoms with van der Waals surface area (Å²) in [5, 5.41) is 0. The summed E-state index contributed by atoms with van der Waals surface area (Å²) < 4.78 is 7.50. The molecule has 8 heteroatoms. The summed E-state index contributed by atoms with van der Waals surface area (Å²) in [6, 6.07) is 0. The van der Waals surface area contributed by atoms with Crippen molar-refractivity contribution in [3.05, 3.63) is 6.65 Å². The van der Waals surface area contributed by atoms with Crippen LogP contribution in [0.1, 0.15) is 195 Å². The number of rotatable bonds is 3. The van der Waals surface area contributed by atoms with Gasteiger partial charge in [-0.1, -0.05) is 165 Å². The van der Waals surface area contributed by atoms with Crippen LogP contribution in [0.2, 0.25) is 0 Å². The topological polar surface area (TPSA) is 37.0 Å². The van der Waals surface area contributed by atoms with Crippen LogP contribution in [-0.2, 0) is 60.8 Å². The largest absolute Gasteiger partial charge is 2.00 e. The summed E-state index contributed by atoms with van der Waals surface area (Å²) in [6.45, 7) is 19.7. The summed E-state index contributed by atoms with van der Waals surface area (Å²) in [5.74, 6) is 4.68. The van der Waals surface area contributed by atoms with E-state index in [1.54, 1.807) is 77.0 Å². The van der Waals surface area contributed by atoms with Crippen molar-refractivity contribution in [2.24, 2.45) is 29.6 Å². The predicted molar refractivity (Wildman–Crippen MR) is 205 cm³/mol. The summed E-state index contributed by atoms with van der Waals surface area (Å²) in [4.78, 5) is 7.75. The SMILES string of the molecule is C1CCC(P(C2CCCCC2)C2CCCCC2)CC1.C1CCCC1.C1CCCC1.CC1C(C)C(C)C(C)C1C.[B].[Br][Pd+].[C-]#[O+].[CH-]=O.[Fe+2].[Fe]. The Morgan fingerprint density at radius 3 is 0.729 bits per heavy atom. The molecule has 0 heterocycles. The van der Waals surface area contributed by atoms with Gasteiger partial charge in [-0.3, -0.25) is 6.79 Å². The van der Waals surface area contributed by atoms with Gasteiger partial charge in [-0.25, -0.2) is 0 Å². The molecule has 6 aliphatic rings. The van der Waals surface area contributed by atoms with Crippen LogP contribution in [0, 0.1) is 36.2 Å². The molecule has 0 amide bonds. The van der Waals surface area contributed by atoms with Gasteiger partial charge in [0.15, 0.2) is 0 Å². The van der Waals surface area contributed by atoms with E-state index in [1.165, 1.54) is 100 Å². The molecule has 0 unspecified atom stereocenters. The molecule has 0 spiro atoms. The van der Waals surface area contributed by atoms with Crippen molar-refractivity contribution in [1.29, 1.82) is 0 Å². The first-order valence-corrected chi connectivity index (χ1v) is 24.4. The van der Waals surface area contributed by atoms with Crippen LogP contribution in [0.25, 0.3) is 0 Å². The Kier molecular flexibility index (Phi) is 45.9. The number of halogens is 1. The van der Waals surface area contributed by atoms with Crippen molar-refractivity contribution in [3.63, 3.8) is 0 Å². The van der Waals surface area contributed by atoms with Gasteiger partial charge in [-0.05, 0) is 85.1 Å². The predicted octanol–water partition coefficient (Wildman–Crippen LogP) is 13.7. The fourth-order valence-electron chi connectivity index (χ4n) is 9.19. The van der Waals surface area contributed by atoms with Crippen molar-refractivity contribution in [2.75, 3.05) is 0 Å². The molecule has 6 rings (SSSR count). The third-order valence-corrected chi connectivity index (χ3v) is 16.7. The quantitative estimate of drug-likeness (QED) is 0.0913. The van der Waals surface area contributed by atoms with Crippen LogP contribution in [0.15, 0.2) is 0 Å². The van der Waals surface area contributed by atoms with E-state index in [0.29, 0.717) is 7.92 Å². The molecule has 0 aromatic heterocycles. The molecule has 0 aliphatic heterocycles. The van der Waals surface area contributed by atoms with E-state index in [1.807, 2.05) is 0 Å². The normalized spacial score (nSPS) is 28.3. The van der Waals surface area contributed by atoms with Crippen molar-refractivity contribution in [3.8, 4) is 0 Å². The molecule has 6 aliphatic carbocycles. The van der Waals surface area contributed by atoms with Crippen LogP contribution in [0.3, 0.4) is 0 Å². The Bertz CT molecular complexity index is 558. The summed E-state index contributed by atoms with van der Waals surface area (Å²) in [6.07, 6.45) is 38.6. The molecule has 0 aromatic carbocycles. The molecule has 3 radical (unpaired) electrons. The fraction of sp³-hybridized carbons (Fsp3) is 0.950. The molecule has 0 N–H and O–H groups in total. The monoisotopic (exact) mass is 925 g/mol. The third-order valence-electron chi connectivity index (χ3n) is 12.6. The van der Waals surface area contributed by atoms with Crippen LogP contribution in [0.4, 0.5) is 0 Å². The molecule has 0 saturated heterocycles. The van der Waals surface area contributed by atoms with Crippen LogP contribution < -0.4 is 0 Å². The smallest absolute Gasteiger partial charge is 0.545 e. The molecule has 0 bridgehead atoms. The second kappa shape index (κ2) is 38.8. The molecular weight excluding hydrogens is 852 g/mol. The molecule has 6 saturated carbocycles. The first-order chi connectivity index (χ1) is 22.0. The van der Waals surface area contributed by atoms with E-state index in [0.717, 1.165) is 29.6 Å². The maximum atomic E-state index is 7.75. The van der Waals surface area contributed by atoms with Crippen molar-refractivity contribution >= 4 is 36.6 Å². The van der Waals surface area contributed by atoms with E-state index in [-0.39, 0.29) is 42.6 Å². The molecule has 285 valence electrons. The van der Waals surface area contributed by atoms with Crippen molar-refractivity contribution < 1.29 is 60.8 Å². The van der Waals surface area contributed by atoms with Gasteiger partial charge in [0.05, 0.1) is 0 Å². The summed E-state index contributed by atoms with van der Waals surface area (Å²) in [5.41, 5.74) is 3.57. The molecular formula is C40H74BBrFe2O2PPd+2. The first kappa shape index (κ1) is 56.8. The van der Waals surface area contributed by atoms with E-state index >= 15 is 0 Å². The molecule has 0 atom stereocenters. The zero-order chi connectivity index (χ0) is 33.9. The maximum absolute atomic E-state index is 7.75. The van der Waals surface area contributed by atoms with Crippen molar-refractivity contribution in [2.45, 2.75) is 212 Å². The standard InChI is InChI=1S/C18H33P.C10H20.2C5H10.CHO.CO.B.BrH.2Fe.Pd/c1-4-10-16(11-5-1)19(17-12-6-2-7-13-17)18-14-8-3-9-15-18;1-6-7(2)9(4)10(5)8(6)3;2*1-2-4-5-3-1;2*1-2;;;;;/h16-18H,1-15H2;6-10H,1-5H3;2*1-5H2;1H;;;1H;;;/q;;;;-1;;;;;2*+2/p-1. The average molecular weight is 927 g/mol. The van der Waals surface area contributed by atoms with Gasteiger partial charge < -0.3 is 4.79 Å². The van der Waals surface area contributed by atoms with E-state index in [4.69, 9.17) is 9.45 Å². The van der Waals surface area contributed by atoms with Crippen molar-refractivity contribution in [1.82, 2.24) is 0 Å². The van der Waals surface area contributed by atoms with Gasteiger partial charge in [0, 0.05) is 25.5 Å². The van der Waals surface area contributed by atoms with Crippen LogP contribution in [0.5, 0.6) is 0 Å². The summed E-state index contributed by atoms with van der Waals surface area (Å²) in [7, 11) is 0.385. The fourth-order valence-corrected chi connectivity index (χ4v) is 13.9. The Morgan fingerprint density at radius 2 is 0.583 bits per heavy atom. The minimum absolute atomic E-state index is 0. The van der Waals surface area contributed by atoms with Crippen LogP contribution >= 0.6 is 21.4 Å². The second-order valence-corrected chi connectivity index (χ2v) is 18.2. The van der Waals surface area contributed by atoms with Gasteiger partial charge in [-0.15, -0.1) is 0 Å². The van der Waals surface area contributed by atoms with Gasteiger partial charge >= 0.3 is 59.0 Å². The molecule has 48 heavy (non-hydrogen) atoms. The minimum atomic E-state index is 0. The Balaban J connectivity index is -0.000000283. The Labute approximate surface area is 343 Å². The van der Waals surface area contributed by atoms with Crippen LogP contribution in [-0.4, -0.2) is 32.2 Å². The zero-order valence-corrected chi connectivity index (χ0v) is 37.9. The first-order valence-electron chi connectivity index (χ1n) is 19.3. The maximum Gasteiger partial charge on any atom is 2.00 e. The number of hydrogen-bond acceptors (Lipinski definition) is 1. The second-order valence-electron chi connectivity index (χ2n) is 15.2. The van der Waals surface area contributed by atoms with Gasteiger partial charge in [0.2, 0.25) is 0 Å². The third kappa shape index (κ3) is 23.0. The Morgan fingerprint density at radius 1 is 0.458 bits per heavy atom. The zero-order valence-electron chi connectivity index (χ0n) is 31.6. The molecule has 6 fully saturated rings. The molecule has 2 nitrogen and oxygen atoms in total. The summed E-state index contributed by atoms with van der Waals surface area (Å²) >= 11 is 5.35. The number of carbonyl (C=O) groups excluding carboxylic acids is 1. The number of hydrogen-bond donors (Lipinski definition) is 0. The van der Waals surface area contributed by atoms with E-state index in [2.05, 4.69) is 78.7 Å². The minimum Gasteiger partial charge on any atom is -0.545 e. The molecule has 0 aromatic rings. The van der Waals surface area contributed by atoms with E-state index in [9.17, 15) is 0 Å². The Hall–Kier alpha value is 2.09. The van der Waals surface area contributed by atoms with E-state index < -0.39 is 0 Å². The van der Waals surface area contributed by atoms with Gasteiger partial charge in [0.1, 0.15) is 0 Å². The van der Waals surface area contributed by atoms with Gasteiger partial charge in [-0.2, -0.15) is 0 Å². The van der Waals surface area contributed by atoms with Gasteiger partial charge in [0.25, 0.3) is 0 Å².